The first-order valence-electron chi connectivity index (χ1n) is 6.93. The van der Waals surface area contributed by atoms with Crippen LogP contribution in [-0.2, 0) is 7.05 Å². The minimum Gasteiger partial charge on any atom is -0.345 e. The van der Waals surface area contributed by atoms with Gasteiger partial charge in [-0.2, -0.15) is 0 Å². The molecule has 4 rings (SSSR count). The molecule has 3 aromatic heterocycles. The van der Waals surface area contributed by atoms with Crippen molar-refractivity contribution in [2.24, 2.45) is 7.05 Å². The fourth-order valence-corrected chi connectivity index (χ4v) is 2.50. The summed E-state index contributed by atoms with van der Waals surface area (Å²) in [6, 6.07) is 8.22. The van der Waals surface area contributed by atoms with Crippen LogP contribution in [0.25, 0.3) is 28.6 Å². The Morgan fingerprint density at radius 2 is 1.91 bits per heavy atom. The molecular weight excluding hydrogens is 276 g/mol. The lowest BCUT2D eigenvalue weighted by Crippen LogP contribution is -2.01. The summed E-state index contributed by atoms with van der Waals surface area (Å²) in [6.45, 7) is 0. The molecule has 1 aromatic carbocycles. The van der Waals surface area contributed by atoms with Gasteiger partial charge in [0.15, 0.2) is 11.6 Å². The Hall–Kier alpha value is -3.15. The van der Waals surface area contributed by atoms with Crippen LogP contribution >= 0.6 is 0 Å². The molecule has 0 saturated carbocycles. The number of aromatic amines is 1. The van der Waals surface area contributed by atoms with Gasteiger partial charge in [0.05, 0.1) is 18.2 Å². The number of benzene rings is 1. The van der Waals surface area contributed by atoms with Crippen LogP contribution in [0.2, 0.25) is 0 Å². The van der Waals surface area contributed by atoms with E-state index in [0.717, 1.165) is 28.6 Å². The Morgan fingerprint density at radius 3 is 2.68 bits per heavy atom. The zero-order valence-corrected chi connectivity index (χ0v) is 12.0. The standard InChI is InChI=1S/C16H14N6/c1-21-7-5-18-15(21)16-19-6-8-22(16)13-4-2-3-12(9-13)14-10-17-11-20-14/h2-11H,1H3,(H,17,20). The van der Waals surface area contributed by atoms with Gasteiger partial charge >= 0.3 is 0 Å². The maximum absolute atomic E-state index is 4.45. The van der Waals surface area contributed by atoms with Crippen LogP contribution in [-0.4, -0.2) is 29.1 Å². The van der Waals surface area contributed by atoms with E-state index in [-0.39, 0.29) is 0 Å². The topological polar surface area (TPSA) is 64.3 Å². The zero-order valence-electron chi connectivity index (χ0n) is 12.0. The van der Waals surface area contributed by atoms with Crippen molar-refractivity contribution in [3.8, 4) is 28.6 Å². The second-order valence-corrected chi connectivity index (χ2v) is 5.00. The van der Waals surface area contributed by atoms with Crippen LogP contribution in [0.15, 0.2) is 61.6 Å². The third-order valence-electron chi connectivity index (χ3n) is 3.60. The lowest BCUT2D eigenvalue weighted by molar-refractivity contribution is 0.897. The first-order valence-corrected chi connectivity index (χ1v) is 6.93. The van der Waals surface area contributed by atoms with E-state index in [1.807, 2.05) is 53.0 Å². The predicted molar refractivity (Wildman–Crippen MR) is 83.3 cm³/mol. The molecule has 0 atom stereocenters. The SMILES string of the molecule is Cn1ccnc1-c1nccn1-c1cccc(-c2cnc[nH]2)c1. The highest BCUT2D eigenvalue weighted by Gasteiger charge is 2.12. The van der Waals surface area contributed by atoms with Gasteiger partial charge in [-0.1, -0.05) is 12.1 Å². The van der Waals surface area contributed by atoms with Gasteiger partial charge in [-0.05, 0) is 12.1 Å². The molecule has 0 saturated heterocycles. The van der Waals surface area contributed by atoms with Crippen molar-refractivity contribution in [1.82, 2.24) is 29.1 Å². The third kappa shape index (κ3) is 2.01. The van der Waals surface area contributed by atoms with Gasteiger partial charge in [0.2, 0.25) is 0 Å². The van der Waals surface area contributed by atoms with E-state index < -0.39 is 0 Å². The number of rotatable bonds is 3. The molecule has 0 aliphatic heterocycles. The average molecular weight is 290 g/mol. The molecule has 0 aliphatic rings. The van der Waals surface area contributed by atoms with Gasteiger partial charge in [-0.25, -0.2) is 15.0 Å². The number of H-pyrrole nitrogens is 1. The molecule has 6 nitrogen and oxygen atoms in total. The van der Waals surface area contributed by atoms with Crippen molar-refractivity contribution >= 4 is 0 Å². The zero-order chi connectivity index (χ0) is 14.9. The number of hydrogen-bond donors (Lipinski definition) is 1. The molecular formula is C16H14N6. The van der Waals surface area contributed by atoms with Gasteiger partial charge in [-0.15, -0.1) is 0 Å². The smallest absolute Gasteiger partial charge is 0.181 e. The maximum Gasteiger partial charge on any atom is 0.181 e. The fraction of sp³-hybridized carbons (Fsp3) is 0.0625. The number of imidazole rings is 3. The summed E-state index contributed by atoms with van der Waals surface area (Å²) in [4.78, 5) is 16.0. The Balaban J connectivity index is 1.83. The van der Waals surface area contributed by atoms with Crippen LogP contribution in [0.1, 0.15) is 0 Å². The molecule has 0 spiro atoms. The van der Waals surface area contributed by atoms with Gasteiger partial charge < -0.3 is 9.55 Å². The molecule has 0 bridgehead atoms. The maximum atomic E-state index is 4.45. The molecule has 0 radical (unpaired) electrons. The van der Waals surface area contributed by atoms with Crippen molar-refractivity contribution < 1.29 is 0 Å². The Morgan fingerprint density at radius 1 is 1.05 bits per heavy atom. The number of hydrogen-bond acceptors (Lipinski definition) is 3. The minimum absolute atomic E-state index is 0.814. The summed E-state index contributed by atoms with van der Waals surface area (Å²) in [5.74, 6) is 1.64. The number of aryl methyl sites for hydroxylation is 1. The first-order chi connectivity index (χ1) is 10.8. The number of nitrogens with one attached hydrogen (secondary N) is 1. The molecule has 108 valence electrons. The summed E-state index contributed by atoms with van der Waals surface area (Å²) in [6.07, 6.45) is 10.9. The highest BCUT2D eigenvalue weighted by molar-refractivity contribution is 5.63. The molecule has 0 amide bonds. The van der Waals surface area contributed by atoms with E-state index in [4.69, 9.17) is 0 Å². The normalized spacial score (nSPS) is 11.0. The highest BCUT2D eigenvalue weighted by Crippen LogP contribution is 2.23. The molecule has 4 aromatic rings. The van der Waals surface area contributed by atoms with Crippen LogP contribution < -0.4 is 0 Å². The largest absolute Gasteiger partial charge is 0.345 e. The second kappa shape index (κ2) is 5.00. The quantitative estimate of drug-likeness (QED) is 0.631. The molecule has 0 fully saturated rings. The molecule has 0 aliphatic carbocycles. The molecule has 22 heavy (non-hydrogen) atoms. The van der Waals surface area contributed by atoms with E-state index in [1.165, 1.54) is 0 Å². The monoisotopic (exact) mass is 290 g/mol. The molecule has 1 N–H and O–H groups in total. The van der Waals surface area contributed by atoms with E-state index >= 15 is 0 Å². The fourth-order valence-electron chi connectivity index (χ4n) is 2.50. The van der Waals surface area contributed by atoms with E-state index in [1.54, 1.807) is 18.7 Å². The van der Waals surface area contributed by atoms with Gasteiger partial charge in [0, 0.05) is 43.1 Å². The van der Waals surface area contributed by atoms with Crippen molar-refractivity contribution in [2.75, 3.05) is 0 Å². The van der Waals surface area contributed by atoms with Gasteiger partial charge in [-0.3, -0.25) is 4.57 Å². The molecule has 0 unspecified atom stereocenters. The third-order valence-corrected chi connectivity index (χ3v) is 3.60. The van der Waals surface area contributed by atoms with E-state index in [2.05, 4.69) is 26.0 Å². The van der Waals surface area contributed by atoms with Crippen LogP contribution in [0.3, 0.4) is 0 Å². The Labute approximate surface area is 127 Å². The predicted octanol–water partition coefficient (Wildman–Crippen LogP) is 2.66. The lowest BCUT2D eigenvalue weighted by atomic mass is 10.1. The molecule has 3 heterocycles. The van der Waals surface area contributed by atoms with Gasteiger partial charge in [0.25, 0.3) is 0 Å². The average Bonchev–Trinajstić information content (AvgIpc) is 3.28. The van der Waals surface area contributed by atoms with E-state index in [9.17, 15) is 0 Å². The van der Waals surface area contributed by atoms with Crippen molar-refractivity contribution in [3.05, 3.63) is 61.6 Å². The van der Waals surface area contributed by atoms with Crippen LogP contribution in [0.4, 0.5) is 0 Å². The number of aromatic nitrogens is 6. The summed E-state index contributed by atoms with van der Waals surface area (Å²) in [5.41, 5.74) is 3.09. The Kier molecular flexibility index (Phi) is 2.86. The second-order valence-electron chi connectivity index (χ2n) is 5.00. The van der Waals surface area contributed by atoms with Crippen LogP contribution in [0.5, 0.6) is 0 Å². The van der Waals surface area contributed by atoms with Gasteiger partial charge in [0.1, 0.15) is 0 Å². The Bertz CT molecular complexity index is 900. The first kappa shape index (κ1) is 12.6. The van der Waals surface area contributed by atoms with Crippen molar-refractivity contribution in [1.29, 1.82) is 0 Å². The summed E-state index contributed by atoms with van der Waals surface area (Å²) in [5, 5.41) is 0. The van der Waals surface area contributed by atoms with Crippen molar-refractivity contribution in [3.63, 3.8) is 0 Å². The lowest BCUT2D eigenvalue weighted by Gasteiger charge is -2.09. The summed E-state index contributed by atoms with van der Waals surface area (Å²) >= 11 is 0. The van der Waals surface area contributed by atoms with Crippen LogP contribution in [0, 0.1) is 0 Å². The van der Waals surface area contributed by atoms with E-state index in [0.29, 0.717) is 0 Å². The molecule has 6 heteroatoms. The van der Waals surface area contributed by atoms with Crippen molar-refractivity contribution in [2.45, 2.75) is 0 Å². The summed E-state index contributed by atoms with van der Waals surface area (Å²) < 4.78 is 3.99. The number of nitrogens with zero attached hydrogens (tertiary/aromatic N) is 5. The minimum atomic E-state index is 0.814. The summed E-state index contributed by atoms with van der Waals surface area (Å²) in [7, 11) is 1.96. The highest BCUT2D eigenvalue weighted by atomic mass is 15.1.